The van der Waals surface area contributed by atoms with Crippen LogP contribution in [0.3, 0.4) is 0 Å². The predicted molar refractivity (Wildman–Crippen MR) is 71.2 cm³/mol. The molecule has 1 rings (SSSR count). The third-order valence-corrected chi connectivity index (χ3v) is 2.77. The summed E-state index contributed by atoms with van der Waals surface area (Å²) in [6.45, 7) is 4.26. The van der Waals surface area contributed by atoms with Crippen LogP contribution in [0.15, 0.2) is 35.5 Å². The first-order valence-corrected chi connectivity index (χ1v) is 6.44. The largest absolute Gasteiger partial charge is 0.415 e. The zero-order chi connectivity index (χ0) is 16.2. The normalized spacial score (nSPS) is 23.2. The van der Waals surface area contributed by atoms with Crippen LogP contribution in [0, 0.1) is 5.92 Å². The number of allylic oxidation sites excluding steroid dienone is 3. The number of aliphatic hydroxyl groups is 2. The lowest BCUT2D eigenvalue weighted by Gasteiger charge is -2.24. The maximum Gasteiger partial charge on any atom is 0.415 e. The molecule has 0 heterocycles. The zero-order valence-electron chi connectivity index (χ0n) is 11.7. The second kappa shape index (κ2) is 6.91. The van der Waals surface area contributed by atoms with Crippen molar-refractivity contribution in [3.8, 4) is 0 Å². The molecule has 0 aliphatic heterocycles. The predicted octanol–water partition coefficient (Wildman–Crippen LogP) is 1.47. The molecule has 0 aromatic rings. The van der Waals surface area contributed by atoms with Gasteiger partial charge in [0.25, 0.3) is 0 Å². The molecule has 4 nitrogen and oxygen atoms in total. The molecular weight excluding hydrogens is 287 g/mol. The van der Waals surface area contributed by atoms with Gasteiger partial charge >= 0.3 is 6.18 Å². The van der Waals surface area contributed by atoms with Gasteiger partial charge in [0.15, 0.2) is 0 Å². The van der Waals surface area contributed by atoms with Gasteiger partial charge in [0.1, 0.15) is 12.2 Å². The molecule has 3 N–H and O–H groups in total. The highest BCUT2D eigenvalue weighted by atomic mass is 19.4. The van der Waals surface area contributed by atoms with E-state index in [0.29, 0.717) is 12.6 Å². The topological polar surface area (TPSA) is 69.6 Å². The van der Waals surface area contributed by atoms with E-state index in [0.717, 1.165) is 18.2 Å². The Morgan fingerprint density at radius 2 is 2.05 bits per heavy atom. The summed E-state index contributed by atoms with van der Waals surface area (Å²) >= 11 is 0. The first-order valence-electron chi connectivity index (χ1n) is 6.44. The molecule has 7 heteroatoms. The van der Waals surface area contributed by atoms with E-state index in [1.54, 1.807) is 0 Å². The minimum absolute atomic E-state index is 0.0137. The van der Waals surface area contributed by atoms with Gasteiger partial charge in [-0.2, -0.15) is 13.2 Å². The Hall–Kier alpha value is -1.60. The number of alkyl halides is 3. The summed E-state index contributed by atoms with van der Waals surface area (Å²) in [5.74, 6) is -0.183. The number of amides is 1. The van der Waals surface area contributed by atoms with Crippen molar-refractivity contribution in [2.24, 2.45) is 5.92 Å². The van der Waals surface area contributed by atoms with E-state index in [1.807, 2.05) is 13.8 Å². The highest BCUT2D eigenvalue weighted by Crippen LogP contribution is 2.33. The Kier molecular flexibility index (Phi) is 5.74. The molecule has 118 valence electrons. The van der Waals surface area contributed by atoms with Gasteiger partial charge in [-0.05, 0) is 29.7 Å². The Labute approximate surface area is 120 Å². The van der Waals surface area contributed by atoms with Crippen molar-refractivity contribution in [1.82, 2.24) is 5.32 Å². The summed E-state index contributed by atoms with van der Waals surface area (Å²) in [5.41, 5.74) is -1.22. The molecule has 0 saturated heterocycles. The van der Waals surface area contributed by atoms with Gasteiger partial charge in [-0.25, -0.2) is 0 Å². The van der Waals surface area contributed by atoms with Crippen molar-refractivity contribution < 1.29 is 28.2 Å². The van der Waals surface area contributed by atoms with Crippen LogP contribution in [-0.4, -0.2) is 41.0 Å². The molecule has 0 spiro atoms. The maximum absolute atomic E-state index is 12.7. The second-order valence-electron chi connectivity index (χ2n) is 5.17. The van der Waals surface area contributed by atoms with Crippen molar-refractivity contribution >= 4 is 5.91 Å². The summed E-state index contributed by atoms with van der Waals surface area (Å²) in [6.07, 6.45) is -4.40. The van der Waals surface area contributed by atoms with Crippen LogP contribution >= 0.6 is 0 Å². The fourth-order valence-electron chi connectivity index (χ4n) is 1.67. The molecule has 2 unspecified atom stereocenters. The standard InChI is InChI=1S/C14H18F3NO3/c1-8(2)7-18-12(20)4-3-9-5-10(14(15,16)17)13(21)11(19)6-9/h3-6,8,11,13,19,21H,7H2,1-2H3,(H,18,20)/b4-3+. The van der Waals surface area contributed by atoms with Gasteiger partial charge in [0, 0.05) is 12.6 Å². The lowest BCUT2D eigenvalue weighted by molar-refractivity contribution is -0.116. The minimum Gasteiger partial charge on any atom is -0.386 e. The number of hydrogen-bond acceptors (Lipinski definition) is 3. The molecule has 1 amide bonds. The lowest BCUT2D eigenvalue weighted by atomic mass is 9.93. The molecule has 0 radical (unpaired) electrons. The highest BCUT2D eigenvalue weighted by Gasteiger charge is 2.41. The molecule has 1 aliphatic rings. The van der Waals surface area contributed by atoms with Gasteiger partial charge in [-0.1, -0.05) is 13.8 Å². The monoisotopic (exact) mass is 305 g/mol. The van der Waals surface area contributed by atoms with Crippen molar-refractivity contribution in [3.05, 3.63) is 35.5 Å². The third-order valence-electron chi connectivity index (χ3n) is 2.77. The third kappa shape index (κ3) is 5.35. The van der Waals surface area contributed by atoms with Gasteiger partial charge in [0.05, 0.1) is 5.57 Å². The lowest BCUT2D eigenvalue weighted by Crippen LogP contribution is -2.35. The molecule has 0 fully saturated rings. The van der Waals surface area contributed by atoms with Gasteiger partial charge in [0.2, 0.25) is 5.91 Å². The number of aliphatic hydroxyl groups excluding tert-OH is 2. The molecule has 0 saturated carbocycles. The zero-order valence-corrected chi connectivity index (χ0v) is 11.7. The average Bonchev–Trinajstić information content (AvgIpc) is 2.36. The summed E-state index contributed by atoms with van der Waals surface area (Å²) < 4.78 is 38.0. The first kappa shape index (κ1) is 17.5. The van der Waals surface area contributed by atoms with E-state index < -0.39 is 29.9 Å². The number of carbonyl (C=O) groups is 1. The van der Waals surface area contributed by atoms with Crippen LogP contribution < -0.4 is 5.32 Å². The number of rotatable bonds is 4. The second-order valence-corrected chi connectivity index (χ2v) is 5.17. The van der Waals surface area contributed by atoms with Crippen LogP contribution in [0.5, 0.6) is 0 Å². The summed E-state index contributed by atoms with van der Waals surface area (Å²) in [7, 11) is 0. The molecule has 2 atom stereocenters. The fraction of sp³-hybridized carbons (Fsp3) is 0.500. The van der Waals surface area contributed by atoms with Crippen molar-refractivity contribution in [3.63, 3.8) is 0 Å². The highest BCUT2D eigenvalue weighted by molar-refractivity contribution is 5.88. The number of nitrogens with one attached hydrogen (secondary N) is 1. The van der Waals surface area contributed by atoms with Crippen molar-refractivity contribution in [2.75, 3.05) is 6.54 Å². The summed E-state index contributed by atoms with van der Waals surface area (Å²) in [6, 6.07) is 0. The fourth-order valence-corrected chi connectivity index (χ4v) is 1.67. The van der Waals surface area contributed by atoms with Crippen LogP contribution in [0.2, 0.25) is 0 Å². The Balaban J connectivity index is 2.81. The van der Waals surface area contributed by atoms with Crippen molar-refractivity contribution in [2.45, 2.75) is 32.2 Å². The van der Waals surface area contributed by atoms with E-state index >= 15 is 0 Å². The molecule has 0 aromatic carbocycles. The molecule has 21 heavy (non-hydrogen) atoms. The first-order chi connectivity index (χ1) is 9.61. The average molecular weight is 305 g/mol. The van der Waals surface area contributed by atoms with E-state index in [9.17, 15) is 28.2 Å². The molecule has 1 aliphatic carbocycles. The summed E-state index contributed by atoms with van der Waals surface area (Å²) in [5, 5.41) is 21.3. The van der Waals surface area contributed by atoms with Gasteiger partial charge < -0.3 is 15.5 Å². The minimum atomic E-state index is -4.74. The maximum atomic E-state index is 12.7. The van der Waals surface area contributed by atoms with Crippen LogP contribution in [-0.2, 0) is 4.79 Å². The number of hydrogen-bond donors (Lipinski definition) is 3. The molecular formula is C14H18F3NO3. The van der Waals surface area contributed by atoms with Crippen molar-refractivity contribution in [1.29, 1.82) is 0 Å². The van der Waals surface area contributed by atoms with Gasteiger partial charge in [-0.15, -0.1) is 0 Å². The molecule has 0 aromatic heterocycles. The summed E-state index contributed by atoms with van der Waals surface area (Å²) in [4.78, 5) is 11.4. The van der Waals surface area contributed by atoms with E-state index in [2.05, 4.69) is 5.32 Å². The Morgan fingerprint density at radius 1 is 1.43 bits per heavy atom. The Morgan fingerprint density at radius 3 is 2.57 bits per heavy atom. The number of carbonyl (C=O) groups excluding carboxylic acids is 1. The van der Waals surface area contributed by atoms with Crippen LogP contribution in [0.25, 0.3) is 0 Å². The smallest absolute Gasteiger partial charge is 0.386 e. The molecule has 0 bridgehead atoms. The van der Waals surface area contributed by atoms with Gasteiger partial charge in [-0.3, -0.25) is 4.79 Å². The SMILES string of the molecule is CC(C)CNC(=O)/C=C/C1=CC(O)C(O)C(C(F)(F)F)=C1. The van der Waals surface area contributed by atoms with E-state index in [1.165, 1.54) is 0 Å². The van der Waals surface area contributed by atoms with Crippen LogP contribution in [0.1, 0.15) is 13.8 Å². The quantitative estimate of drug-likeness (QED) is 0.689. The Bertz CT molecular complexity index is 478. The number of halogens is 3. The van der Waals surface area contributed by atoms with E-state index in [4.69, 9.17) is 0 Å². The van der Waals surface area contributed by atoms with E-state index in [-0.39, 0.29) is 11.5 Å². The van der Waals surface area contributed by atoms with Crippen LogP contribution in [0.4, 0.5) is 13.2 Å².